The number of hydrogen-bond acceptors (Lipinski definition) is 2. The summed E-state index contributed by atoms with van der Waals surface area (Å²) in [7, 11) is 0. The van der Waals surface area contributed by atoms with Gasteiger partial charge in [-0.05, 0) is 49.7 Å². The summed E-state index contributed by atoms with van der Waals surface area (Å²) in [6.07, 6.45) is 0. The first kappa shape index (κ1) is 16.4. The molecule has 0 fully saturated rings. The van der Waals surface area contributed by atoms with Crippen LogP contribution in [0.5, 0.6) is 0 Å². The summed E-state index contributed by atoms with van der Waals surface area (Å²) in [4.78, 5) is 12.1. The molecule has 22 heavy (non-hydrogen) atoms. The van der Waals surface area contributed by atoms with E-state index in [1.165, 1.54) is 0 Å². The predicted octanol–water partition coefficient (Wildman–Crippen LogP) is 4.47. The quantitative estimate of drug-likeness (QED) is 0.835. The normalized spacial score (nSPS) is 11.9. The highest BCUT2D eigenvalue weighted by atomic mass is 79.9. The maximum Gasteiger partial charge on any atom is 0.246 e. The van der Waals surface area contributed by atoms with E-state index in [0.717, 1.165) is 33.9 Å². The standard InChI is InChI=1S/C16H15BrF2N2O/c1-9-7-12(4-5-13(9)17)20-10(2)16(22)21-15-8-11(18)3-6-14(15)19/h3-8,10,20H,1-2H3,(H,21,22). The first-order valence-corrected chi connectivity index (χ1v) is 7.44. The Morgan fingerprint density at radius 3 is 2.59 bits per heavy atom. The molecule has 2 aromatic rings. The maximum atomic E-state index is 13.5. The molecule has 1 atom stereocenters. The number of rotatable bonds is 4. The van der Waals surface area contributed by atoms with Gasteiger partial charge in [0.1, 0.15) is 17.7 Å². The van der Waals surface area contributed by atoms with E-state index < -0.39 is 23.6 Å². The Kier molecular flexibility index (Phi) is 5.13. The second-order valence-corrected chi connectivity index (χ2v) is 5.80. The van der Waals surface area contributed by atoms with Crippen molar-refractivity contribution in [2.45, 2.75) is 19.9 Å². The molecule has 0 radical (unpaired) electrons. The molecule has 1 unspecified atom stereocenters. The lowest BCUT2D eigenvalue weighted by molar-refractivity contribution is -0.116. The zero-order chi connectivity index (χ0) is 16.3. The fourth-order valence-corrected chi connectivity index (χ4v) is 2.13. The van der Waals surface area contributed by atoms with Gasteiger partial charge in [0.15, 0.2) is 0 Å². The van der Waals surface area contributed by atoms with Gasteiger partial charge in [-0.15, -0.1) is 0 Å². The van der Waals surface area contributed by atoms with Gasteiger partial charge < -0.3 is 10.6 Å². The van der Waals surface area contributed by atoms with Crippen LogP contribution in [0.1, 0.15) is 12.5 Å². The van der Waals surface area contributed by atoms with Gasteiger partial charge in [0.2, 0.25) is 5.91 Å². The van der Waals surface area contributed by atoms with E-state index in [4.69, 9.17) is 0 Å². The number of anilines is 2. The molecule has 0 aliphatic rings. The van der Waals surface area contributed by atoms with Crippen LogP contribution in [-0.2, 0) is 4.79 Å². The van der Waals surface area contributed by atoms with E-state index in [-0.39, 0.29) is 5.69 Å². The topological polar surface area (TPSA) is 41.1 Å². The number of hydrogen-bond donors (Lipinski definition) is 2. The lowest BCUT2D eigenvalue weighted by Crippen LogP contribution is -2.32. The molecule has 6 heteroatoms. The van der Waals surface area contributed by atoms with E-state index in [1.807, 2.05) is 25.1 Å². The van der Waals surface area contributed by atoms with Gasteiger partial charge in [-0.25, -0.2) is 8.78 Å². The highest BCUT2D eigenvalue weighted by Crippen LogP contribution is 2.21. The van der Waals surface area contributed by atoms with E-state index in [1.54, 1.807) is 6.92 Å². The monoisotopic (exact) mass is 368 g/mol. The zero-order valence-electron chi connectivity index (χ0n) is 12.1. The summed E-state index contributed by atoms with van der Waals surface area (Å²) >= 11 is 3.40. The van der Waals surface area contributed by atoms with Crippen molar-refractivity contribution in [2.24, 2.45) is 0 Å². The molecule has 2 rings (SSSR count). The number of carbonyl (C=O) groups is 1. The van der Waals surface area contributed by atoms with Crippen LogP contribution in [0, 0.1) is 18.6 Å². The Balaban J connectivity index is 2.05. The van der Waals surface area contributed by atoms with Crippen LogP contribution in [0.15, 0.2) is 40.9 Å². The first-order chi connectivity index (χ1) is 10.4. The highest BCUT2D eigenvalue weighted by Gasteiger charge is 2.15. The molecule has 0 heterocycles. The maximum absolute atomic E-state index is 13.5. The third-order valence-corrected chi connectivity index (χ3v) is 4.01. The SMILES string of the molecule is Cc1cc(NC(C)C(=O)Nc2cc(F)ccc2F)ccc1Br. The van der Waals surface area contributed by atoms with Crippen molar-refractivity contribution in [1.29, 1.82) is 0 Å². The zero-order valence-corrected chi connectivity index (χ0v) is 13.7. The predicted molar refractivity (Wildman–Crippen MR) is 87.0 cm³/mol. The van der Waals surface area contributed by atoms with Crippen LogP contribution in [0.25, 0.3) is 0 Å². The van der Waals surface area contributed by atoms with Crippen LogP contribution in [0.3, 0.4) is 0 Å². The molecular weight excluding hydrogens is 354 g/mol. The number of halogens is 3. The van der Waals surface area contributed by atoms with E-state index in [9.17, 15) is 13.6 Å². The summed E-state index contributed by atoms with van der Waals surface area (Å²) in [6.45, 7) is 3.58. The third-order valence-electron chi connectivity index (χ3n) is 3.12. The molecule has 2 aromatic carbocycles. The van der Waals surface area contributed by atoms with Crippen LogP contribution >= 0.6 is 15.9 Å². The number of amides is 1. The minimum absolute atomic E-state index is 0.175. The van der Waals surface area contributed by atoms with E-state index >= 15 is 0 Å². The van der Waals surface area contributed by atoms with Gasteiger partial charge in [0.25, 0.3) is 0 Å². The summed E-state index contributed by atoms with van der Waals surface area (Å²) in [6, 6.07) is 7.89. The van der Waals surface area contributed by atoms with Gasteiger partial charge in [-0.2, -0.15) is 0 Å². The van der Waals surface area contributed by atoms with Crippen molar-refractivity contribution < 1.29 is 13.6 Å². The van der Waals surface area contributed by atoms with Gasteiger partial charge in [0.05, 0.1) is 5.69 Å². The van der Waals surface area contributed by atoms with Crippen LogP contribution in [0.4, 0.5) is 20.2 Å². The molecule has 0 bridgehead atoms. The number of benzene rings is 2. The van der Waals surface area contributed by atoms with Crippen molar-refractivity contribution in [1.82, 2.24) is 0 Å². The Bertz CT molecular complexity index is 707. The average Bonchev–Trinajstić information content (AvgIpc) is 2.46. The van der Waals surface area contributed by atoms with Crippen LogP contribution in [-0.4, -0.2) is 11.9 Å². The summed E-state index contributed by atoms with van der Waals surface area (Å²) < 4.78 is 27.6. The minimum Gasteiger partial charge on any atom is -0.374 e. The van der Waals surface area contributed by atoms with Crippen molar-refractivity contribution in [2.75, 3.05) is 10.6 Å². The molecule has 0 saturated heterocycles. The summed E-state index contributed by atoms with van der Waals surface area (Å²) in [5.41, 5.74) is 1.61. The number of nitrogens with one attached hydrogen (secondary N) is 2. The molecule has 0 aromatic heterocycles. The van der Waals surface area contributed by atoms with Crippen LogP contribution in [0.2, 0.25) is 0 Å². The third kappa shape index (κ3) is 4.04. The fourth-order valence-electron chi connectivity index (χ4n) is 1.88. The molecular formula is C16H15BrF2N2O. The Hall–Kier alpha value is -1.95. The van der Waals surface area contributed by atoms with Crippen molar-refractivity contribution >= 4 is 33.2 Å². The fraction of sp³-hybridized carbons (Fsp3) is 0.188. The molecule has 0 aliphatic heterocycles. The highest BCUT2D eigenvalue weighted by molar-refractivity contribution is 9.10. The Labute approximate surface area is 135 Å². The molecule has 2 N–H and O–H groups in total. The lowest BCUT2D eigenvalue weighted by Gasteiger charge is -2.16. The summed E-state index contributed by atoms with van der Waals surface area (Å²) in [5, 5.41) is 5.39. The minimum atomic E-state index is -0.679. The lowest BCUT2D eigenvalue weighted by atomic mass is 10.2. The van der Waals surface area contributed by atoms with Gasteiger partial charge in [-0.1, -0.05) is 15.9 Å². The van der Waals surface area contributed by atoms with Crippen molar-refractivity contribution in [3.8, 4) is 0 Å². The molecule has 0 saturated carbocycles. The average molecular weight is 369 g/mol. The second-order valence-electron chi connectivity index (χ2n) is 4.94. The van der Waals surface area contributed by atoms with E-state index in [2.05, 4.69) is 26.6 Å². The molecule has 0 spiro atoms. The van der Waals surface area contributed by atoms with Gasteiger partial charge in [0, 0.05) is 16.2 Å². The van der Waals surface area contributed by atoms with Crippen LogP contribution < -0.4 is 10.6 Å². The van der Waals surface area contributed by atoms with Gasteiger partial charge >= 0.3 is 0 Å². The Morgan fingerprint density at radius 2 is 1.91 bits per heavy atom. The molecule has 116 valence electrons. The molecule has 1 amide bonds. The second kappa shape index (κ2) is 6.87. The number of aryl methyl sites for hydroxylation is 1. The molecule has 3 nitrogen and oxygen atoms in total. The van der Waals surface area contributed by atoms with Crippen molar-refractivity contribution in [3.05, 3.63) is 58.1 Å². The Morgan fingerprint density at radius 1 is 1.18 bits per heavy atom. The van der Waals surface area contributed by atoms with Gasteiger partial charge in [-0.3, -0.25) is 4.79 Å². The molecule has 0 aliphatic carbocycles. The number of carbonyl (C=O) groups excluding carboxylic acids is 1. The first-order valence-electron chi connectivity index (χ1n) is 6.65. The summed E-state index contributed by atoms with van der Waals surface area (Å²) in [5.74, 6) is -1.74. The van der Waals surface area contributed by atoms with Crippen molar-refractivity contribution in [3.63, 3.8) is 0 Å². The largest absolute Gasteiger partial charge is 0.374 e. The smallest absolute Gasteiger partial charge is 0.246 e. The van der Waals surface area contributed by atoms with E-state index in [0.29, 0.717) is 0 Å².